The topological polar surface area (TPSA) is 73.6 Å². The average molecular weight is 270 g/mol. The number of hydrogen-bond acceptors (Lipinski definition) is 4. The molecule has 0 spiro atoms. The van der Waals surface area contributed by atoms with Crippen molar-refractivity contribution in [1.82, 2.24) is 0 Å². The summed E-state index contributed by atoms with van der Waals surface area (Å²) in [4.78, 5) is 12.2. The number of carbonyl (C=O) groups is 1. The molecule has 2 aromatic rings. The second-order valence-corrected chi connectivity index (χ2v) is 4.62. The molecule has 20 heavy (non-hydrogen) atoms. The first kappa shape index (κ1) is 12.3. The van der Waals surface area contributed by atoms with Crippen LogP contribution < -0.4 is 20.5 Å². The molecule has 0 atom stereocenters. The summed E-state index contributed by atoms with van der Waals surface area (Å²) in [6, 6.07) is 10.7. The summed E-state index contributed by atoms with van der Waals surface area (Å²) in [5.41, 5.74) is 8.46. The summed E-state index contributed by atoms with van der Waals surface area (Å²) in [6.07, 6.45) is 0. The fourth-order valence-electron chi connectivity index (χ4n) is 2.05. The molecule has 3 rings (SSSR count). The van der Waals surface area contributed by atoms with Gasteiger partial charge in [-0.1, -0.05) is 17.7 Å². The van der Waals surface area contributed by atoms with Crippen LogP contribution in [0.3, 0.4) is 0 Å². The number of nitrogens with two attached hydrogens (primary N) is 1. The Bertz CT molecular complexity index is 683. The molecule has 2 aromatic carbocycles. The van der Waals surface area contributed by atoms with Crippen LogP contribution in [-0.4, -0.2) is 12.7 Å². The number of aryl methyl sites for hydroxylation is 1. The fraction of sp³-hybridized carbons (Fsp3) is 0.133. The van der Waals surface area contributed by atoms with E-state index in [4.69, 9.17) is 15.2 Å². The van der Waals surface area contributed by atoms with Gasteiger partial charge in [0, 0.05) is 17.7 Å². The summed E-state index contributed by atoms with van der Waals surface area (Å²) in [5, 5.41) is 2.78. The third-order valence-electron chi connectivity index (χ3n) is 3.07. The van der Waals surface area contributed by atoms with Crippen LogP contribution in [0.2, 0.25) is 0 Å². The van der Waals surface area contributed by atoms with Crippen LogP contribution in [-0.2, 0) is 0 Å². The van der Waals surface area contributed by atoms with E-state index in [0.717, 1.165) is 5.56 Å². The van der Waals surface area contributed by atoms with E-state index in [0.29, 0.717) is 28.4 Å². The van der Waals surface area contributed by atoms with Gasteiger partial charge in [-0.25, -0.2) is 0 Å². The summed E-state index contributed by atoms with van der Waals surface area (Å²) < 4.78 is 10.5. The predicted octanol–water partition coefficient (Wildman–Crippen LogP) is 2.56. The minimum Gasteiger partial charge on any atom is -0.454 e. The molecule has 1 aliphatic rings. The summed E-state index contributed by atoms with van der Waals surface area (Å²) in [7, 11) is 0. The zero-order valence-corrected chi connectivity index (χ0v) is 11.0. The Morgan fingerprint density at radius 1 is 1.20 bits per heavy atom. The number of hydrogen-bond donors (Lipinski definition) is 2. The van der Waals surface area contributed by atoms with Gasteiger partial charge in [-0.3, -0.25) is 4.79 Å². The molecule has 0 aromatic heterocycles. The van der Waals surface area contributed by atoms with Gasteiger partial charge in [0.1, 0.15) is 0 Å². The first-order valence-corrected chi connectivity index (χ1v) is 6.20. The van der Waals surface area contributed by atoms with E-state index < -0.39 is 0 Å². The third-order valence-corrected chi connectivity index (χ3v) is 3.07. The molecule has 3 N–H and O–H groups in total. The molecule has 1 amide bonds. The second-order valence-electron chi connectivity index (χ2n) is 4.62. The summed E-state index contributed by atoms with van der Waals surface area (Å²) >= 11 is 0. The van der Waals surface area contributed by atoms with Crippen molar-refractivity contribution in [3.8, 4) is 11.5 Å². The van der Waals surface area contributed by atoms with E-state index in [1.54, 1.807) is 18.2 Å². The quantitative estimate of drug-likeness (QED) is 0.822. The number of nitrogen functional groups attached to an aromatic ring is 1. The molecule has 5 nitrogen and oxygen atoms in total. The highest BCUT2D eigenvalue weighted by Crippen LogP contribution is 2.38. The van der Waals surface area contributed by atoms with Crippen molar-refractivity contribution in [1.29, 1.82) is 0 Å². The van der Waals surface area contributed by atoms with Crippen molar-refractivity contribution in [3.63, 3.8) is 0 Å². The number of nitrogens with one attached hydrogen (secondary N) is 1. The molecule has 0 radical (unpaired) electrons. The van der Waals surface area contributed by atoms with Gasteiger partial charge in [-0.05, 0) is 19.1 Å². The second kappa shape index (κ2) is 4.77. The van der Waals surface area contributed by atoms with E-state index in [-0.39, 0.29) is 12.7 Å². The number of benzene rings is 2. The Morgan fingerprint density at radius 2 is 1.95 bits per heavy atom. The van der Waals surface area contributed by atoms with E-state index in [1.807, 2.05) is 25.1 Å². The maximum Gasteiger partial charge on any atom is 0.255 e. The van der Waals surface area contributed by atoms with E-state index in [1.165, 1.54) is 0 Å². The SMILES string of the molecule is Cc1cccc(C(=O)Nc2cc3c(cc2N)OCO3)c1. The molecule has 0 saturated heterocycles. The van der Waals surface area contributed by atoms with Crippen LogP contribution in [0.25, 0.3) is 0 Å². The Labute approximate surface area is 116 Å². The number of anilines is 2. The zero-order chi connectivity index (χ0) is 14.1. The van der Waals surface area contributed by atoms with Gasteiger partial charge in [0.25, 0.3) is 5.91 Å². The number of fused-ring (bicyclic) bond motifs is 1. The molecule has 0 fully saturated rings. The van der Waals surface area contributed by atoms with Gasteiger partial charge in [0.05, 0.1) is 11.4 Å². The Kier molecular flexibility index (Phi) is 2.95. The zero-order valence-electron chi connectivity index (χ0n) is 11.0. The normalized spacial score (nSPS) is 12.2. The number of rotatable bonds is 2. The standard InChI is InChI=1S/C15H14N2O3/c1-9-3-2-4-10(5-9)15(18)17-12-7-14-13(6-11(12)16)19-8-20-14/h2-7H,8,16H2,1H3,(H,17,18). The van der Waals surface area contributed by atoms with Gasteiger partial charge in [0.15, 0.2) is 11.5 Å². The van der Waals surface area contributed by atoms with Gasteiger partial charge in [-0.15, -0.1) is 0 Å². The van der Waals surface area contributed by atoms with Gasteiger partial charge in [-0.2, -0.15) is 0 Å². The summed E-state index contributed by atoms with van der Waals surface area (Å²) in [6.45, 7) is 2.11. The van der Waals surface area contributed by atoms with Crippen molar-refractivity contribution < 1.29 is 14.3 Å². The maximum atomic E-state index is 12.2. The molecule has 1 heterocycles. The van der Waals surface area contributed by atoms with Crippen molar-refractivity contribution in [2.75, 3.05) is 17.8 Å². The average Bonchev–Trinajstić information content (AvgIpc) is 2.86. The van der Waals surface area contributed by atoms with E-state index in [2.05, 4.69) is 5.32 Å². The van der Waals surface area contributed by atoms with Crippen molar-refractivity contribution in [2.45, 2.75) is 6.92 Å². The number of amides is 1. The molecular formula is C15H14N2O3. The molecule has 0 aliphatic carbocycles. The lowest BCUT2D eigenvalue weighted by Gasteiger charge is -2.09. The number of carbonyl (C=O) groups excluding carboxylic acids is 1. The van der Waals surface area contributed by atoms with Crippen molar-refractivity contribution in [2.24, 2.45) is 0 Å². The van der Waals surface area contributed by atoms with Crippen LogP contribution in [0.15, 0.2) is 36.4 Å². The Morgan fingerprint density at radius 3 is 2.70 bits per heavy atom. The van der Waals surface area contributed by atoms with Crippen LogP contribution in [0.5, 0.6) is 11.5 Å². The van der Waals surface area contributed by atoms with Gasteiger partial charge < -0.3 is 20.5 Å². The monoisotopic (exact) mass is 270 g/mol. The minimum absolute atomic E-state index is 0.171. The molecule has 0 saturated carbocycles. The van der Waals surface area contributed by atoms with Crippen LogP contribution >= 0.6 is 0 Å². The lowest BCUT2D eigenvalue weighted by Crippen LogP contribution is -2.13. The Balaban J connectivity index is 1.86. The molecular weight excluding hydrogens is 256 g/mol. The Hall–Kier alpha value is -2.69. The highest BCUT2D eigenvalue weighted by molar-refractivity contribution is 6.06. The van der Waals surface area contributed by atoms with Crippen LogP contribution in [0, 0.1) is 6.92 Å². The highest BCUT2D eigenvalue weighted by Gasteiger charge is 2.17. The van der Waals surface area contributed by atoms with E-state index >= 15 is 0 Å². The third kappa shape index (κ3) is 2.25. The fourth-order valence-corrected chi connectivity index (χ4v) is 2.05. The molecule has 0 bridgehead atoms. The lowest BCUT2D eigenvalue weighted by atomic mass is 10.1. The lowest BCUT2D eigenvalue weighted by molar-refractivity contribution is 0.102. The predicted molar refractivity (Wildman–Crippen MR) is 76.1 cm³/mol. The van der Waals surface area contributed by atoms with Gasteiger partial charge >= 0.3 is 0 Å². The largest absolute Gasteiger partial charge is 0.454 e. The summed E-state index contributed by atoms with van der Waals surface area (Å²) in [5.74, 6) is 0.967. The highest BCUT2D eigenvalue weighted by atomic mass is 16.7. The molecule has 1 aliphatic heterocycles. The minimum atomic E-state index is -0.209. The number of ether oxygens (including phenoxy) is 2. The molecule has 102 valence electrons. The first-order valence-electron chi connectivity index (χ1n) is 6.20. The first-order chi connectivity index (χ1) is 9.63. The van der Waals surface area contributed by atoms with Crippen LogP contribution in [0.4, 0.5) is 11.4 Å². The molecule has 5 heteroatoms. The van der Waals surface area contributed by atoms with E-state index in [9.17, 15) is 4.79 Å². The van der Waals surface area contributed by atoms with Gasteiger partial charge in [0.2, 0.25) is 6.79 Å². The molecule has 0 unspecified atom stereocenters. The van der Waals surface area contributed by atoms with Crippen molar-refractivity contribution in [3.05, 3.63) is 47.5 Å². The maximum absolute atomic E-state index is 12.2. The van der Waals surface area contributed by atoms with Crippen molar-refractivity contribution >= 4 is 17.3 Å². The van der Waals surface area contributed by atoms with Crippen LogP contribution in [0.1, 0.15) is 15.9 Å². The smallest absolute Gasteiger partial charge is 0.255 e.